The molecule has 0 radical (unpaired) electrons. The number of hydrogen-bond acceptors (Lipinski definition) is 7. The fraction of sp³-hybridized carbons (Fsp3) is 0.414. The Morgan fingerprint density at radius 1 is 1.22 bits per heavy atom. The molecule has 12 heteroatoms. The molecule has 2 aliphatic heterocycles. The van der Waals surface area contributed by atoms with Gasteiger partial charge in [-0.25, -0.2) is 13.1 Å². The molecular formula is C29H33BrClN3O5S2. The predicted molar refractivity (Wildman–Crippen MR) is 166 cm³/mol. The summed E-state index contributed by atoms with van der Waals surface area (Å²) in [6, 6.07) is 11.5. The van der Waals surface area contributed by atoms with Gasteiger partial charge in [-0.3, -0.25) is 4.79 Å². The molecule has 0 bridgehead atoms. The van der Waals surface area contributed by atoms with Crippen molar-refractivity contribution in [2.75, 3.05) is 18.4 Å². The number of hydrogen-bond donors (Lipinski definition) is 3. The molecule has 0 saturated carbocycles. The van der Waals surface area contributed by atoms with Gasteiger partial charge in [0.25, 0.3) is 15.9 Å². The van der Waals surface area contributed by atoms with Crippen molar-refractivity contribution >= 4 is 60.5 Å². The van der Waals surface area contributed by atoms with E-state index in [4.69, 9.17) is 16.3 Å². The summed E-state index contributed by atoms with van der Waals surface area (Å²) in [6.07, 6.45) is 0.550. The maximum atomic E-state index is 13.8. The van der Waals surface area contributed by atoms with Crippen LogP contribution in [-0.4, -0.2) is 55.2 Å². The van der Waals surface area contributed by atoms with Gasteiger partial charge in [-0.15, -0.1) is 11.3 Å². The van der Waals surface area contributed by atoms with Crippen LogP contribution in [0.15, 0.2) is 51.1 Å². The van der Waals surface area contributed by atoms with Gasteiger partial charge in [0.1, 0.15) is 26.0 Å². The number of fused-ring (bicyclic) bond motifs is 1. The number of ether oxygens (including phenoxy) is 1. The fourth-order valence-corrected chi connectivity index (χ4v) is 9.08. The van der Waals surface area contributed by atoms with E-state index in [1.807, 2.05) is 11.0 Å². The molecule has 8 nitrogen and oxygen atoms in total. The normalized spacial score (nSPS) is 21.8. The SMILES string of the molecule is Cc1cccc(C)c1NC[C@H]1CCCN1C(=O)c1ccc2c(c1)[C@@H](NS(=O)(=O)c1cc(Br)c(Cl)s1)[C@H](O)C(C)(C)O2. The van der Waals surface area contributed by atoms with Crippen molar-refractivity contribution in [1.82, 2.24) is 9.62 Å². The second kappa shape index (κ2) is 11.5. The lowest BCUT2D eigenvalue weighted by Crippen LogP contribution is -2.53. The van der Waals surface area contributed by atoms with E-state index >= 15 is 0 Å². The Labute approximate surface area is 258 Å². The van der Waals surface area contributed by atoms with Crippen LogP contribution < -0.4 is 14.8 Å². The first-order chi connectivity index (χ1) is 19.3. The Bertz CT molecular complexity index is 1550. The van der Waals surface area contributed by atoms with Crippen molar-refractivity contribution in [2.24, 2.45) is 0 Å². The molecule has 5 rings (SSSR count). The molecule has 3 atom stereocenters. The first kappa shape index (κ1) is 30.3. The number of anilines is 1. The highest BCUT2D eigenvalue weighted by molar-refractivity contribution is 9.10. The Morgan fingerprint density at radius 2 is 1.93 bits per heavy atom. The van der Waals surface area contributed by atoms with Crippen LogP contribution in [0.5, 0.6) is 5.75 Å². The van der Waals surface area contributed by atoms with Gasteiger partial charge in [0.2, 0.25) is 0 Å². The summed E-state index contributed by atoms with van der Waals surface area (Å²) in [7, 11) is -4.05. The third-order valence-corrected chi connectivity index (χ3v) is 12.2. The zero-order chi connectivity index (χ0) is 29.7. The van der Waals surface area contributed by atoms with Crippen LogP contribution in [-0.2, 0) is 10.0 Å². The maximum Gasteiger partial charge on any atom is 0.254 e. The van der Waals surface area contributed by atoms with Crippen LogP contribution in [0.2, 0.25) is 4.34 Å². The van der Waals surface area contributed by atoms with E-state index in [2.05, 4.69) is 51.9 Å². The minimum absolute atomic E-state index is 0.00892. The fourth-order valence-electron chi connectivity index (χ4n) is 5.54. The van der Waals surface area contributed by atoms with Gasteiger partial charge < -0.3 is 20.1 Å². The minimum Gasteiger partial charge on any atom is -0.485 e. The second-order valence-electron chi connectivity index (χ2n) is 11.1. The summed E-state index contributed by atoms with van der Waals surface area (Å²) in [5.41, 5.74) is 3.12. The number of aliphatic hydroxyl groups excluding tert-OH is 1. The Balaban J connectivity index is 1.41. The lowest BCUT2D eigenvalue weighted by molar-refractivity contribution is -0.0603. The van der Waals surface area contributed by atoms with Gasteiger partial charge in [-0.1, -0.05) is 29.8 Å². The molecule has 41 heavy (non-hydrogen) atoms. The summed E-state index contributed by atoms with van der Waals surface area (Å²) in [5.74, 6) is 0.262. The first-order valence-corrected chi connectivity index (χ1v) is 16.8. The van der Waals surface area contributed by atoms with E-state index in [-0.39, 0.29) is 16.2 Å². The van der Waals surface area contributed by atoms with Crippen molar-refractivity contribution in [1.29, 1.82) is 0 Å². The third kappa shape index (κ3) is 6.03. The molecule has 0 aliphatic carbocycles. The van der Waals surface area contributed by atoms with Gasteiger partial charge in [0.05, 0.1) is 6.04 Å². The van der Waals surface area contributed by atoms with Crippen molar-refractivity contribution in [3.63, 3.8) is 0 Å². The Morgan fingerprint density at radius 3 is 2.59 bits per heavy atom. The molecular weight excluding hydrogens is 650 g/mol. The third-order valence-electron chi connectivity index (χ3n) is 7.80. The van der Waals surface area contributed by atoms with Crippen molar-refractivity contribution in [2.45, 2.75) is 68.5 Å². The van der Waals surface area contributed by atoms with E-state index in [9.17, 15) is 18.3 Å². The number of rotatable bonds is 7. The number of amides is 1. The molecule has 2 aromatic carbocycles. The van der Waals surface area contributed by atoms with E-state index in [0.29, 0.717) is 38.8 Å². The quantitative estimate of drug-likeness (QED) is 0.280. The number of thiophene rings is 1. The molecule has 1 aromatic heterocycles. The number of benzene rings is 2. The topological polar surface area (TPSA) is 108 Å². The summed E-state index contributed by atoms with van der Waals surface area (Å²) in [4.78, 5) is 15.7. The van der Waals surface area contributed by atoms with Crippen molar-refractivity contribution in [3.8, 4) is 5.75 Å². The zero-order valence-electron chi connectivity index (χ0n) is 23.2. The smallest absolute Gasteiger partial charge is 0.254 e. The number of carbonyl (C=O) groups excluding carboxylic acids is 1. The first-order valence-electron chi connectivity index (χ1n) is 13.4. The molecule has 3 aromatic rings. The molecule has 3 N–H and O–H groups in total. The summed E-state index contributed by atoms with van der Waals surface area (Å²) < 4.78 is 36.1. The highest BCUT2D eigenvalue weighted by Crippen LogP contribution is 2.42. The molecule has 0 spiro atoms. The molecule has 1 saturated heterocycles. The van der Waals surface area contributed by atoms with Crippen LogP contribution in [0.1, 0.15) is 59.8 Å². The summed E-state index contributed by atoms with van der Waals surface area (Å²) >= 11 is 10.3. The minimum atomic E-state index is -4.05. The summed E-state index contributed by atoms with van der Waals surface area (Å²) in [6.45, 7) is 8.77. The van der Waals surface area contributed by atoms with Crippen LogP contribution in [0, 0.1) is 13.8 Å². The number of halogens is 2. The van der Waals surface area contributed by atoms with E-state index in [0.717, 1.165) is 41.0 Å². The Hall–Kier alpha value is -2.15. The second-order valence-corrected chi connectivity index (χ2v) is 15.6. The zero-order valence-corrected chi connectivity index (χ0v) is 27.2. The van der Waals surface area contributed by atoms with Gasteiger partial charge in [-0.2, -0.15) is 0 Å². The van der Waals surface area contributed by atoms with Crippen LogP contribution >= 0.6 is 38.9 Å². The molecule has 2 aliphatic rings. The van der Waals surface area contributed by atoms with Crippen LogP contribution in [0.3, 0.4) is 0 Å². The van der Waals surface area contributed by atoms with Crippen LogP contribution in [0.4, 0.5) is 5.69 Å². The predicted octanol–water partition coefficient (Wildman–Crippen LogP) is 6.05. The van der Waals surface area contributed by atoms with Gasteiger partial charge in [-0.05, 0) is 91.9 Å². The summed E-state index contributed by atoms with van der Waals surface area (Å²) in [5, 5.41) is 14.8. The van der Waals surface area contributed by atoms with Crippen molar-refractivity contribution < 1.29 is 23.1 Å². The molecule has 220 valence electrons. The molecule has 0 unspecified atom stereocenters. The average Bonchev–Trinajstić information content (AvgIpc) is 3.52. The number of likely N-dealkylation sites (tertiary alicyclic amines) is 1. The number of nitrogens with one attached hydrogen (secondary N) is 2. The van der Waals surface area contributed by atoms with Gasteiger partial charge in [0.15, 0.2) is 0 Å². The van der Waals surface area contributed by atoms with E-state index < -0.39 is 27.8 Å². The maximum absolute atomic E-state index is 13.8. The van der Waals surface area contributed by atoms with Gasteiger partial charge >= 0.3 is 0 Å². The highest BCUT2D eigenvalue weighted by Gasteiger charge is 2.45. The van der Waals surface area contributed by atoms with Gasteiger partial charge in [0, 0.05) is 40.4 Å². The lowest BCUT2D eigenvalue weighted by atomic mass is 9.86. The van der Waals surface area contributed by atoms with Crippen LogP contribution in [0.25, 0.3) is 0 Å². The molecule has 3 heterocycles. The Kier molecular flexibility index (Phi) is 8.50. The standard InChI is InChI=1S/C29H33BrClN3O5S2/c1-16-7-5-8-17(2)24(16)32-15-19-9-6-12-34(19)28(36)18-10-11-22-20(13-18)25(26(35)29(3,4)39-22)33-41(37,38)23-14-21(30)27(31)40-23/h5,7-8,10-11,13-14,19,25-26,32-33,35H,6,9,12,15H2,1-4H3/t19-,25-,26+/m1/s1. The number of aliphatic hydroxyl groups is 1. The van der Waals surface area contributed by atoms with E-state index in [1.165, 1.54) is 6.07 Å². The highest BCUT2D eigenvalue weighted by atomic mass is 79.9. The number of nitrogens with zero attached hydrogens (tertiary/aromatic N) is 1. The lowest BCUT2D eigenvalue weighted by Gasteiger charge is -2.42. The number of para-hydroxylation sites is 1. The monoisotopic (exact) mass is 681 g/mol. The number of sulfonamides is 1. The number of carbonyl (C=O) groups is 1. The van der Waals surface area contributed by atoms with Crippen molar-refractivity contribution in [3.05, 3.63) is 73.5 Å². The average molecular weight is 683 g/mol. The molecule has 1 amide bonds. The molecule has 1 fully saturated rings. The largest absolute Gasteiger partial charge is 0.485 e. The number of aryl methyl sites for hydroxylation is 2. The van der Waals surface area contributed by atoms with E-state index in [1.54, 1.807) is 32.0 Å².